The Kier molecular flexibility index (Phi) is 4.01. The monoisotopic (exact) mass is 282 g/mol. The minimum absolute atomic E-state index is 0.189. The summed E-state index contributed by atoms with van der Waals surface area (Å²) < 4.78 is 31.9. The number of hydrogen-bond acceptors (Lipinski definition) is 3. The van der Waals surface area contributed by atoms with Gasteiger partial charge in [-0.2, -0.15) is 5.10 Å². The molecular weight excluding hydrogens is 266 g/mol. The van der Waals surface area contributed by atoms with Gasteiger partial charge in [-0.25, -0.2) is 13.6 Å². The highest BCUT2D eigenvalue weighted by atomic mass is 19.3. The Hall–Kier alpha value is -1.98. The van der Waals surface area contributed by atoms with Gasteiger partial charge in [-0.3, -0.25) is 4.68 Å². The fraction of sp³-hybridized carbons (Fsp3) is 0.429. The van der Waals surface area contributed by atoms with Crippen LogP contribution in [0.3, 0.4) is 0 Å². The maximum Gasteiger partial charge on any atom is 0.338 e. The molecule has 108 valence electrons. The second-order valence-electron chi connectivity index (χ2n) is 4.77. The zero-order chi connectivity index (χ0) is 14.8. The van der Waals surface area contributed by atoms with Gasteiger partial charge >= 0.3 is 5.97 Å². The summed E-state index contributed by atoms with van der Waals surface area (Å²) in [5, 5.41) is 4.83. The largest absolute Gasteiger partial charge is 0.465 e. The molecule has 0 radical (unpaired) electrons. The number of rotatable bonds is 5. The molecule has 0 aliphatic rings. The van der Waals surface area contributed by atoms with E-state index in [0.29, 0.717) is 23.9 Å². The fourth-order valence-electron chi connectivity index (χ4n) is 2.11. The Morgan fingerprint density at radius 3 is 2.85 bits per heavy atom. The minimum Gasteiger partial charge on any atom is -0.465 e. The van der Waals surface area contributed by atoms with E-state index in [9.17, 15) is 13.6 Å². The van der Waals surface area contributed by atoms with E-state index in [2.05, 4.69) is 5.10 Å². The van der Waals surface area contributed by atoms with E-state index in [1.165, 1.54) is 7.11 Å². The molecule has 1 aromatic carbocycles. The number of aromatic nitrogens is 2. The molecule has 1 aromatic heterocycles. The standard InChI is InChI=1S/C14H16F2N2O2/c1-14(15,16)7-4-8-18-12-6-3-5-10(13(19)20-2)11(12)9-17-18/h3,5-6,9H,4,7-8H2,1-2H3. The van der Waals surface area contributed by atoms with Crippen molar-refractivity contribution >= 4 is 16.9 Å². The minimum atomic E-state index is -2.67. The Bertz CT molecular complexity index is 617. The molecule has 4 nitrogen and oxygen atoms in total. The molecule has 6 heteroatoms. The predicted molar refractivity (Wildman–Crippen MR) is 70.9 cm³/mol. The second-order valence-corrected chi connectivity index (χ2v) is 4.77. The topological polar surface area (TPSA) is 44.1 Å². The Morgan fingerprint density at radius 1 is 1.45 bits per heavy atom. The predicted octanol–water partition coefficient (Wildman–Crippen LogP) is 3.26. The molecule has 20 heavy (non-hydrogen) atoms. The molecule has 0 aliphatic heterocycles. The maximum absolute atomic E-state index is 12.8. The molecule has 0 saturated carbocycles. The van der Waals surface area contributed by atoms with Crippen molar-refractivity contribution in [1.82, 2.24) is 9.78 Å². The van der Waals surface area contributed by atoms with Crippen molar-refractivity contribution in [3.05, 3.63) is 30.0 Å². The summed E-state index contributed by atoms with van der Waals surface area (Å²) in [4.78, 5) is 11.6. The van der Waals surface area contributed by atoms with Gasteiger partial charge in [0, 0.05) is 18.4 Å². The molecule has 2 aromatic rings. The van der Waals surface area contributed by atoms with Crippen LogP contribution in [0.1, 0.15) is 30.1 Å². The van der Waals surface area contributed by atoms with Gasteiger partial charge in [0.1, 0.15) is 0 Å². The third kappa shape index (κ3) is 3.12. The van der Waals surface area contributed by atoms with Crippen molar-refractivity contribution in [2.24, 2.45) is 0 Å². The number of carbonyl (C=O) groups is 1. The zero-order valence-electron chi connectivity index (χ0n) is 11.4. The third-order valence-electron chi connectivity index (χ3n) is 3.08. The third-order valence-corrected chi connectivity index (χ3v) is 3.08. The molecule has 0 N–H and O–H groups in total. The lowest BCUT2D eigenvalue weighted by atomic mass is 10.1. The van der Waals surface area contributed by atoms with Crippen LogP contribution in [0.5, 0.6) is 0 Å². The molecular formula is C14H16F2N2O2. The molecule has 0 saturated heterocycles. The van der Waals surface area contributed by atoms with Crippen LogP contribution in [0, 0.1) is 0 Å². The number of ether oxygens (including phenoxy) is 1. The first kappa shape index (κ1) is 14.4. The van der Waals surface area contributed by atoms with Gasteiger partial charge in [-0.1, -0.05) is 6.07 Å². The summed E-state index contributed by atoms with van der Waals surface area (Å²) >= 11 is 0. The van der Waals surface area contributed by atoms with Crippen molar-refractivity contribution in [3.8, 4) is 0 Å². The SMILES string of the molecule is COC(=O)c1cccc2c1cnn2CCCC(C)(F)F. The van der Waals surface area contributed by atoms with Gasteiger partial charge in [-0.05, 0) is 25.5 Å². The van der Waals surface area contributed by atoms with Crippen LogP contribution >= 0.6 is 0 Å². The first-order valence-electron chi connectivity index (χ1n) is 6.33. The van der Waals surface area contributed by atoms with Crippen LogP contribution in [-0.2, 0) is 11.3 Å². The molecule has 2 rings (SSSR count). The van der Waals surface area contributed by atoms with E-state index in [1.54, 1.807) is 29.1 Å². The number of hydrogen-bond donors (Lipinski definition) is 0. The summed E-state index contributed by atoms with van der Waals surface area (Å²) in [6, 6.07) is 5.18. The van der Waals surface area contributed by atoms with E-state index < -0.39 is 11.9 Å². The van der Waals surface area contributed by atoms with Crippen LogP contribution < -0.4 is 0 Å². The summed E-state index contributed by atoms with van der Waals surface area (Å²) in [5.74, 6) is -3.10. The number of nitrogens with zero attached hydrogens (tertiary/aromatic N) is 2. The van der Waals surface area contributed by atoms with Crippen LogP contribution in [0.2, 0.25) is 0 Å². The molecule has 0 atom stereocenters. The second kappa shape index (κ2) is 5.56. The van der Waals surface area contributed by atoms with Crippen molar-refractivity contribution in [2.75, 3.05) is 7.11 Å². The van der Waals surface area contributed by atoms with Crippen molar-refractivity contribution in [3.63, 3.8) is 0 Å². The smallest absolute Gasteiger partial charge is 0.338 e. The quantitative estimate of drug-likeness (QED) is 0.791. The summed E-state index contributed by atoms with van der Waals surface area (Å²) in [6.45, 7) is 1.29. The number of carbonyl (C=O) groups excluding carboxylic acids is 1. The Morgan fingerprint density at radius 2 is 2.20 bits per heavy atom. The highest BCUT2D eigenvalue weighted by Gasteiger charge is 2.20. The normalized spacial score (nSPS) is 11.8. The maximum atomic E-state index is 12.8. The number of esters is 1. The van der Waals surface area contributed by atoms with Crippen molar-refractivity contribution in [2.45, 2.75) is 32.2 Å². The van der Waals surface area contributed by atoms with Crippen molar-refractivity contribution < 1.29 is 18.3 Å². The van der Waals surface area contributed by atoms with Crippen LogP contribution in [0.15, 0.2) is 24.4 Å². The van der Waals surface area contributed by atoms with Crippen LogP contribution in [0.4, 0.5) is 8.78 Å². The lowest BCUT2D eigenvalue weighted by molar-refractivity contribution is 0.00978. The Labute approximate surface area is 115 Å². The average molecular weight is 282 g/mol. The van der Waals surface area contributed by atoms with E-state index >= 15 is 0 Å². The van der Waals surface area contributed by atoms with Gasteiger partial charge < -0.3 is 4.74 Å². The molecule has 0 bridgehead atoms. The molecule has 0 aliphatic carbocycles. The van der Waals surface area contributed by atoms with Crippen LogP contribution in [0.25, 0.3) is 10.9 Å². The number of benzene rings is 1. The van der Waals surface area contributed by atoms with Crippen LogP contribution in [-0.4, -0.2) is 28.8 Å². The van der Waals surface area contributed by atoms with Gasteiger partial charge in [0.2, 0.25) is 5.92 Å². The zero-order valence-corrected chi connectivity index (χ0v) is 11.4. The van der Waals surface area contributed by atoms with Crippen molar-refractivity contribution in [1.29, 1.82) is 0 Å². The van der Waals surface area contributed by atoms with Gasteiger partial charge in [0.15, 0.2) is 0 Å². The van der Waals surface area contributed by atoms with E-state index in [0.717, 1.165) is 12.4 Å². The number of aryl methyl sites for hydroxylation is 1. The first-order chi connectivity index (χ1) is 9.42. The lowest BCUT2D eigenvalue weighted by Crippen LogP contribution is -2.11. The first-order valence-corrected chi connectivity index (χ1v) is 6.33. The highest BCUT2D eigenvalue weighted by molar-refractivity contribution is 6.03. The van der Waals surface area contributed by atoms with E-state index in [1.807, 2.05) is 0 Å². The van der Waals surface area contributed by atoms with Gasteiger partial charge in [-0.15, -0.1) is 0 Å². The molecule has 0 unspecified atom stereocenters. The summed E-state index contributed by atoms with van der Waals surface area (Å²) in [5.41, 5.74) is 1.17. The number of fused-ring (bicyclic) bond motifs is 1. The van der Waals surface area contributed by atoms with E-state index in [-0.39, 0.29) is 6.42 Å². The average Bonchev–Trinajstić information content (AvgIpc) is 2.80. The van der Waals surface area contributed by atoms with Gasteiger partial charge in [0.05, 0.1) is 24.4 Å². The Balaban J connectivity index is 2.22. The van der Waals surface area contributed by atoms with Gasteiger partial charge in [0.25, 0.3) is 0 Å². The lowest BCUT2D eigenvalue weighted by Gasteiger charge is -2.10. The number of methoxy groups -OCH3 is 1. The van der Waals surface area contributed by atoms with E-state index in [4.69, 9.17) is 4.74 Å². The highest BCUT2D eigenvalue weighted by Crippen LogP contribution is 2.22. The fourth-order valence-corrected chi connectivity index (χ4v) is 2.11. The number of halogens is 2. The molecule has 0 spiro atoms. The summed E-state index contributed by atoms with van der Waals surface area (Å²) in [7, 11) is 1.31. The molecule has 0 fully saturated rings. The molecule has 1 heterocycles. The molecule has 0 amide bonds. The summed E-state index contributed by atoms with van der Waals surface area (Å²) in [6.07, 6.45) is 1.69. The number of alkyl halides is 2.